The molecule has 32 heavy (non-hydrogen) atoms. The molecule has 0 radical (unpaired) electrons. The Hall–Kier alpha value is -3.57. The number of unbranched alkanes of at least 4 members (excludes halogenated alkanes) is 4. The Morgan fingerprint density at radius 1 is 1.19 bits per heavy atom. The maximum absolute atomic E-state index is 12.4. The molecular weight excluding hydrogens is 418 g/mol. The van der Waals surface area contributed by atoms with Crippen molar-refractivity contribution in [2.75, 3.05) is 13.1 Å². The number of amides is 3. The number of hydrazone groups is 1. The molecule has 1 aliphatic heterocycles. The number of carbonyl (C=O) groups is 2. The zero-order valence-corrected chi connectivity index (χ0v) is 18.1. The van der Waals surface area contributed by atoms with E-state index in [0.717, 1.165) is 42.9 Å². The number of furan rings is 1. The Balaban J connectivity index is 1.38. The van der Waals surface area contributed by atoms with Gasteiger partial charge in [-0.3, -0.25) is 24.5 Å². The number of carbonyl (C=O) groups excluding carboxylic acids is 2. The van der Waals surface area contributed by atoms with Crippen molar-refractivity contribution in [3.63, 3.8) is 0 Å². The fraction of sp³-hybridized carbons (Fsp3) is 0.550. The number of hydrogen-bond acceptors (Lipinski definition) is 8. The second kappa shape index (κ2) is 11.2. The third-order valence-corrected chi connectivity index (χ3v) is 5.05. The first kappa shape index (κ1) is 23.1. The molecule has 0 saturated carbocycles. The van der Waals surface area contributed by atoms with Crippen LogP contribution < -0.4 is 0 Å². The molecule has 0 spiro atoms. The van der Waals surface area contributed by atoms with Gasteiger partial charge in [-0.05, 0) is 38.2 Å². The van der Waals surface area contributed by atoms with Crippen LogP contribution >= 0.6 is 0 Å². The smallest absolute Gasteiger partial charge is 0.400 e. The molecule has 0 aliphatic carbocycles. The average Bonchev–Trinajstić information content (AvgIpc) is 3.48. The predicted molar refractivity (Wildman–Crippen MR) is 114 cm³/mol. The van der Waals surface area contributed by atoms with Crippen molar-refractivity contribution in [3.8, 4) is 0 Å². The van der Waals surface area contributed by atoms with Crippen LogP contribution in [0.3, 0.4) is 0 Å². The molecule has 1 aliphatic rings. The third kappa shape index (κ3) is 6.22. The molecule has 0 atom stereocenters. The quantitative estimate of drug-likeness (QED) is 0.152. The number of rotatable bonds is 13. The summed E-state index contributed by atoms with van der Waals surface area (Å²) in [6.45, 7) is 3.06. The minimum Gasteiger partial charge on any atom is -0.400 e. The lowest BCUT2D eigenvalue weighted by Gasteiger charge is -2.13. The Bertz CT molecular complexity index is 967. The molecule has 2 aromatic heterocycles. The van der Waals surface area contributed by atoms with Gasteiger partial charge in [0.2, 0.25) is 0 Å². The van der Waals surface area contributed by atoms with E-state index in [9.17, 15) is 19.7 Å². The number of aromatic nitrogens is 3. The predicted octanol–water partition coefficient (Wildman–Crippen LogP) is 2.98. The zero-order valence-electron chi connectivity index (χ0n) is 18.1. The summed E-state index contributed by atoms with van der Waals surface area (Å²) in [4.78, 5) is 35.7. The van der Waals surface area contributed by atoms with Gasteiger partial charge in [0.15, 0.2) is 5.76 Å². The van der Waals surface area contributed by atoms with Crippen LogP contribution in [-0.2, 0) is 17.8 Å². The Morgan fingerprint density at radius 3 is 2.75 bits per heavy atom. The highest BCUT2D eigenvalue weighted by Gasteiger charge is 2.35. The van der Waals surface area contributed by atoms with Gasteiger partial charge in [-0.1, -0.05) is 25.0 Å². The third-order valence-electron chi connectivity index (χ3n) is 5.05. The van der Waals surface area contributed by atoms with Gasteiger partial charge in [-0.25, -0.2) is 9.80 Å². The maximum Gasteiger partial charge on any atom is 0.433 e. The molecule has 3 amide bonds. The molecular formula is C20H27N7O5. The van der Waals surface area contributed by atoms with Gasteiger partial charge >= 0.3 is 11.9 Å². The van der Waals surface area contributed by atoms with E-state index in [1.807, 2.05) is 10.9 Å². The molecule has 0 N–H and O–H groups in total. The molecule has 2 aromatic rings. The van der Waals surface area contributed by atoms with E-state index in [1.165, 1.54) is 36.1 Å². The normalized spacial score (nSPS) is 14.3. The van der Waals surface area contributed by atoms with Crippen LogP contribution in [0.15, 0.2) is 27.8 Å². The summed E-state index contributed by atoms with van der Waals surface area (Å²) in [5.41, 5.74) is 1.01. The highest BCUT2D eigenvalue weighted by Crippen LogP contribution is 2.16. The van der Waals surface area contributed by atoms with E-state index in [1.54, 1.807) is 0 Å². The van der Waals surface area contributed by atoms with Crippen molar-refractivity contribution in [2.45, 2.75) is 58.4 Å². The number of nitrogens with zero attached hydrogens (tertiary/aromatic N) is 7. The number of hydrogen-bond donors (Lipinski definition) is 0. The van der Waals surface area contributed by atoms with Crippen LogP contribution in [0.25, 0.3) is 0 Å². The summed E-state index contributed by atoms with van der Waals surface area (Å²) in [6, 6.07) is 2.04. The summed E-state index contributed by atoms with van der Waals surface area (Å²) in [5.74, 6) is -0.627. The summed E-state index contributed by atoms with van der Waals surface area (Å²) in [6.07, 6.45) is 9.97. The van der Waals surface area contributed by atoms with Gasteiger partial charge in [-0.15, -0.1) is 5.10 Å². The van der Waals surface area contributed by atoms with Crippen molar-refractivity contribution >= 4 is 24.0 Å². The number of urea groups is 1. The Kier molecular flexibility index (Phi) is 8.06. The van der Waals surface area contributed by atoms with Crippen LogP contribution in [-0.4, -0.2) is 61.1 Å². The van der Waals surface area contributed by atoms with Crippen LogP contribution in [0.1, 0.15) is 56.9 Å². The summed E-state index contributed by atoms with van der Waals surface area (Å²) in [7, 11) is 0. The van der Waals surface area contributed by atoms with Gasteiger partial charge < -0.3 is 4.42 Å². The lowest BCUT2D eigenvalue weighted by atomic mass is 10.2. The van der Waals surface area contributed by atoms with Crippen LogP contribution in [0, 0.1) is 10.1 Å². The van der Waals surface area contributed by atoms with E-state index in [2.05, 4.69) is 22.3 Å². The van der Waals surface area contributed by atoms with Gasteiger partial charge in [0.1, 0.15) is 11.5 Å². The lowest BCUT2D eigenvalue weighted by Crippen LogP contribution is -2.32. The molecule has 172 valence electrons. The Morgan fingerprint density at radius 2 is 2.00 bits per heavy atom. The number of nitro groups is 1. The molecule has 12 nitrogen and oxygen atoms in total. The maximum atomic E-state index is 12.4. The average molecular weight is 445 g/mol. The van der Waals surface area contributed by atoms with Gasteiger partial charge in [-0.2, -0.15) is 5.10 Å². The summed E-state index contributed by atoms with van der Waals surface area (Å²) in [5, 5.41) is 23.9. The van der Waals surface area contributed by atoms with E-state index in [0.29, 0.717) is 13.0 Å². The molecule has 3 heterocycles. The number of imide groups is 1. The zero-order chi connectivity index (χ0) is 22.9. The molecule has 1 fully saturated rings. The van der Waals surface area contributed by atoms with Crippen molar-refractivity contribution in [1.82, 2.24) is 24.9 Å². The first-order valence-corrected chi connectivity index (χ1v) is 10.8. The van der Waals surface area contributed by atoms with Gasteiger partial charge in [0.05, 0.1) is 18.0 Å². The largest absolute Gasteiger partial charge is 0.433 e. The molecule has 3 rings (SSSR count). The number of aryl methyl sites for hydroxylation is 2. The summed E-state index contributed by atoms with van der Waals surface area (Å²) < 4.78 is 6.79. The van der Waals surface area contributed by atoms with E-state index in [-0.39, 0.29) is 18.2 Å². The van der Waals surface area contributed by atoms with Crippen LogP contribution in [0.5, 0.6) is 0 Å². The second-order valence-electron chi connectivity index (χ2n) is 7.55. The molecule has 0 unspecified atom stereocenters. The van der Waals surface area contributed by atoms with Crippen LogP contribution in [0.2, 0.25) is 0 Å². The molecule has 1 saturated heterocycles. The van der Waals surface area contributed by atoms with Gasteiger partial charge in [0.25, 0.3) is 5.91 Å². The lowest BCUT2D eigenvalue weighted by molar-refractivity contribution is -0.402. The van der Waals surface area contributed by atoms with Crippen LogP contribution in [0.4, 0.5) is 10.7 Å². The topological polar surface area (TPSA) is 140 Å². The minimum atomic E-state index is -0.668. The fourth-order valence-corrected chi connectivity index (χ4v) is 3.31. The molecule has 0 aromatic carbocycles. The highest BCUT2D eigenvalue weighted by molar-refractivity contribution is 6.02. The van der Waals surface area contributed by atoms with Crippen molar-refractivity contribution in [1.29, 1.82) is 0 Å². The SMILES string of the molecule is CCCCCc1cn(CCCCCN2C(=O)CN(/N=C/c3ccc([N+](=O)[O-])o3)C2=O)nn1. The Labute approximate surface area is 185 Å². The minimum absolute atomic E-state index is 0.122. The van der Waals surface area contributed by atoms with E-state index < -0.39 is 16.8 Å². The first-order valence-electron chi connectivity index (χ1n) is 10.8. The van der Waals surface area contributed by atoms with Crippen molar-refractivity contribution < 1.29 is 18.9 Å². The van der Waals surface area contributed by atoms with E-state index in [4.69, 9.17) is 4.42 Å². The standard InChI is InChI=1S/C20H27N7O5/c1-2-3-5-8-16-14-24(23-22-16)11-6-4-7-12-25-18(28)15-26(20(25)29)21-13-17-9-10-19(32-17)27(30)31/h9-10,13-14H,2-8,11-12,15H2,1H3/b21-13+. The van der Waals surface area contributed by atoms with Gasteiger partial charge in [0, 0.05) is 19.3 Å². The molecule has 0 bridgehead atoms. The van der Waals surface area contributed by atoms with Crippen molar-refractivity contribution in [3.05, 3.63) is 39.9 Å². The fourth-order valence-electron chi connectivity index (χ4n) is 3.31. The van der Waals surface area contributed by atoms with E-state index >= 15 is 0 Å². The summed E-state index contributed by atoms with van der Waals surface area (Å²) >= 11 is 0. The monoisotopic (exact) mass is 445 g/mol. The molecule has 12 heteroatoms. The second-order valence-corrected chi connectivity index (χ2v) is 7.55. The highest BCUT2D eigenvalue weighted by atomic mass is 16.6. The first-order chi connectivity index (χ1) is 15.5. The van der Waals surface area contributed by atoms with Crippen molar-refractivity contribution in [2.24, 2.45) is 5.10 Å².